The fourth-order valence-corrected chi connectivity index (χ4v) is 1.80. The van der Waals surface area contributed by atoms with Gasteiger partial charge in [-0.15, -0.1) is 18.5 Å². The normalized spacial score (nSPS) is 10.5. The largest absolute Gasteiger partial charge is 0.105 e. The Morgan fingerprint density at radius 3 is 1.58 bits per heavy atom. The van der Waals surface area contributed by atoms with Crippen LogP contribution in [0.25, 0.3) is 10.8 Å². The summed E-state index contributed by atoms with van der Waals surface area (Å²) in [5, 5.41) is 5.10. The zero-order chi connectivity index (χ0) is 8.55. The Hall–Kier alpha value is -0.440. The van der Waals surface area contributed by atoms with Gasteiger partial charge in [0.2, 0.25) is 0 Å². The Kier molecular flexibility index (Phi) is 2.13. The van der Waals surface area contributed by atoms with Crippen molar-refractivity contribution in [1.82, 2.24) is 0 Å². The van der Waals surface area contributed by atoms with Crippen LogP contribution in [0.3, 0.4) is 0 Å². The first-order valence-corrected chi connectivity index (χ1v) is 4.96. The second-order valence-corrected chi connectivity index (χ2v) is 4.07. The first-order valence-electron chi connectivity index (χ1n) is 3.81. The van der Waals surface area contributed by atoms with Gasteiger partial charge in [0, 0.05) is 0 Å². The van der Waals surface area contributed by atoms with Gasteiger partial charge in [-0.25, -0.2) is 0 Å². The van der Waals surface area contributed by atoms with Crippen LogP contribution in [0.5, 0.6) is 0 Å². The predicted octanol–water partition coefficient (Wildman–Crippen LogP) is 1.84. The average Bonchev–Trinajstić information content (AvgIpc) is 2.07. The second kappa shape index (κ2) is 3.13. The fourth-order valence-electron chi connectivity index (χ4n) is 1.28. The molecule has 0 bridgehead atoms. The van der Waals surface area contributed by atoms with Gasteiger partial charge in [0.25, 0.3) is 0 Å². The highest BCUT2D eigenvalue weighted by Crippen LogP contribution is 2.12. The Balaban J connectivity index is 2.84. The Morgan fingerprint density at radius 1 is 0.750 bits per heavy atom. The van der Waals surface area contributed by atoms with E-state index in [1.807, 2.05) is 0 Å². The molecular formula is C10H10P2. The lowest BCUT2D eigenvalue weighted by molar-refractivity contribution is 1.81. The molecule has 0 radical (unpaired) electrons. The Morgan fingerprint density at radius 2 is 1.17 bits per heavy atom. The van der Waals surface area contributed by atoms with Gasteiger partial charge in [0.05, 0.1) is 0 Å². The number of rotatable bonds is 0. The first-order chi connectivity index (χ1) is 5.77. The molecule has 0 N–H and O–H groups in total. The zero-order valence-corrected chi connectivity index (χ0v) is 8.93. The fraction of sp³-hybridized carbons (Fsp3) is 0. The molecule has 0 aliphatic heterocycles. The summed E-state index contributed by atoms with van der Waals surface area (Å²) in [5.41, 5.74) is 0. The molecule has 0 nitrogen and oxygen atoms in total. The van der Waals surface area contributed by atoms with E-state index >= 15 is 0 Å². The van der Waals surface area contributed by atoms with Crippen molar-refractivity contribution in [2.45, 2.75) is 0 Å². The monoisotopic (exact) mass is 192 g/mol. The lowest BCUT2D eigenvalue weighted by Gasteiger charge is -2.02. The van der Waals surface area contributed by atoms with E-state index < -0.39 is 0 Å². The van der Waals surface area contributed by atoms with Crippen molar-refractivity contribution >= 4 is 39.9 Å². The summed E-state index contributed by atoms with van der Waals surface area (Å²) in [7, 11) is 5.48. The molecule has 0 aliphatic rings. The van der Waals surface area contributed by atoms with Crippen LogP contribution in [-0.4, -0.2) is 0 Å². The van der Waals surface area contributed by atoms with Gasteiger partial charge >= 0.3 is 0 Å². The molecule has 0 heterocycles. The maximum atomic E-state index is 2.74. The van der Waals surface area contributed by atoms with Crippen LogP contribution in [0.15, 0.2) is 36.4 Å². The molecule has 60 valence electrons. The lowest BCUT2D eigenvalue weighted by atomic mass is 10.1. The van der Waals surface area contributed by atoms with Gasteiger partial charge in [-0.1, -0.05) is 24.3 Å². The highest BCUT2D eigenvalue weighted by atomic mass is 31.0. The summed E-state index contributed by atoms with van der Waals surface area (Å²) in [4.78, 5) is 0. The van der Waals surface area contributed by atoms with Gasteiger partial charge in [0.1, 0.15) is 0 Å². The van der Waals surface area contributed by atoms with Crippen molar-refractivity contribution in [2.75, 3.05) is 0 Å². The van der Waals surface area contributed by atoms with Crippen molar-refractivity contribution in [3.8, 4) is 0 Å². The molecule has 0 aromatic heterocycles. The average molecular weight is 192 g/mol. The van der Waals surface area contributed by atoms with Gasteiger partial charge in [-0.05, 0) is 33.5 Å². The van der Waals surface area contributed by atoms with E-state index in [0.29, 0.717) is 0 Å². The maximum Gasteiger partial charge on any atom is -0.0177 e. The van der Waals surface area contributed by atoms with Crippen LogP contribution in [0.1, 0.15) is 0 Å². The second-order valence-electron chi connectivity index (χ2n) is 2.83. The van der Waals surface area contributed by atoms with Crippen LogP contribution in [0.4, 0.5) is 0 Å². The zero-order valence-electron chi connectivity index (χ0n) is 6.62. The summed E-state index contributed by atoms with van der Waals surface area (Å²) < 4.78 is 0. The number of fused-ring (bicyclic) bond motifs is 1. The van der Waals surface area contributed by atoms with E-state index in [1.165, 1.54) is 21.4 Å². The van der Waals surface area contributed by atoms with Crippen molar-refractivity contribution < 1.29 is 0 Å². The van der Waals surface area contributed by atoms with Gasteiger partial charge < -0.3 is 0 Å². The van der Waals surface area contributed by atoms with Crippen LogP contribution < -0.4 is 10.6 Å². The molecule has 12 heavy (non-hydrogen) atoms. The van der Waals surface area contributed by atoms with Crippen molar-refractivity contribution in [3.05, 3.63) is 36.4 Å². The van der Waals surface area contributed by atoms with Crippen LogP contribution in [0, 0.1) is 0 Å². The predicted molar refractivity (Wildman–Crippen MR) is 62.6 cm³/mol. The van der Waals surface area contributed by atoms with E-state index in [-0.39, 0.29) is 0 Å². The lowest BCUT2D eigenvalue weighted by Crippen LogP contribution is -2.09. The van der Waals surface area contributed by atoms with Crippen LogP contribution in [0.2, 0.25) is 0 Å². The molecule has 0 amide bonds. The Bertz CT molecular complexity index is 381. The third kappa shape index (κ3) is 1.38. The number of benzene rings is 2. The molecule has 0 saturated heterocycles. The highest BCUT2D eigenvalue weighted by Gasteiger charge is 1.95. The molecule has 0 aliphatic carbocycles. The minimum Gasteiger partial charge on any atom is -0.105 e. The van der Waals surface area contributed by atoms with Gasteiger partial charge in [-0.3, -0.25) is 0 Å². The summed E-state index contributed by atoms with van der Waals surface area (Å²) in [5.74, 6) is 0. The van der Waals surface area contributed by atoms with E-state index in [4.69, 9.17) is 0 Å². The smallest absolute Gasteiger partial charge is 0.0177 e. The van der Waals surface area contributed by atoms with Crippen molar-refractivity contribution in [1.29, 1.82) is 0 Å². The van der Waals surface area contributed by atoms with E-state index in [0.717, 1.165) is 0 Å². The van der Waals surface area contributed by atoms with Crippen LogP contribution in [-0.2, 0) is 0 Å². The van der Waals surface area contributed by atoms with E-state index in [2.05, 4.69) is 54.9 Å². The third-order valence-corrected chi connectivity index (χ3v) is 3.28. The molecule has 0 fully saturated rings. The Labute approximate surface area is 76.8 Å². The van der Waals surface area contributed by atoms with Gasteiger partial charge in [-0.2, -0.15) is 0 Å². The molecule has 2 atom stereocenters. The van der Waals surface area contributed by atoms with E-state index in [9.17, 15) is 0 Å². The minimum absolute atomic E-state index is 1.25. The quantitative estimate of drug-likeness (QED) is 0.559. The molecule has 0 spiro atoms. The molecule has 2 heteroatoms. The van der Waals surface area contributed by atoms with Crippen molar-refractivity contribution in [2.24, 2.45) is 0 Å². The molecule has 2 rings (SSSR count). The molecular weight excluding hydrogens is 182 g/mol. The van der Waals surface area contributed by atoms with Crippen LogP contribution >= 0.6 is 18.5 Å². The first kappa shape index (κ1) is 8.17. The topological polar surface area (TPSA) is 0 Å². The number of hydrogen-bond acceptors (Lipinski definition) is 0. The SMILES string of the molecule is Pc1cc2ccccc2cc1P. The third-order valence-electron chi connectivity index (χ3n) is 1.95. The molecule has 2 unspecified atom stereocenters. The van der Waals surface area contributed by atoms with E-state index in [1.54, 1.807) is 0 Å². The minimum atomic E-state index is 1.25. The molecule has 2 aromatic rings. The van der Waals surface area contributed by atoms with Crippen molar-refractivity contribution in [3.63, 3.8) is 0 Å². The molecule has 0 saturated carbocycles. The molecule has 2 aromatic carbocycles. The maximum absolute atomic E-state index is 2.74. The number of hydrogen-bond donors (Lipinski definition) is 0. The standard InChI is InChI=1S/C10H10P2/c11-9-5-7-3-1-2-4-8(7)6-10(9)12/h1-6H,11-12H2. The summed E-state index contributed by atoms with van der Waals surface area (Å²) in [6, 6.07) is 12.8. The van der Waals surface area contributed by atoms with Gasteiger partial charge in [0.15, 0.2) is 0 Å². The highest BCUT2D eigenvalue weighted by molar-refractivity contribution is 7.35. The summed E-state index contributed by atoms with van der Waals surface area (Å²) >= 11 is 0. The summed E-state index contributed by atoms with van der Waals surface area (Å²) in [6.07, 6.45) is 0. The summed E-state index contributed by atoms with van der Waals surface area (Å²) in [6.45, 7) is 0.